The van der Waals surface area contributed by atoms with Gasteiger partial charge in [-0.25, -0.2) is 0 Å². The lowest BCUT2D eigenvalue weighted by molar-refractivity contribution is -0.145. The summed E-state index contributed by atoms with van der Waals surface area (Å²) in [6, 6.07) is 5.67. The maximum absolute atomic E-state index is 12.5. The number of nitrogens with two attached hydrogens (primary N) is 1. The minimum atomic E-state index is -1.76. The topological polar surface area (TPSA) is 147 Å². The summed E-state index contributed by atoms with van der Waals surface area (Å²) in [5.74, 6) is -0.168. The molecule has 0 aliphatic heterocycles. The maximum Gasteiger partial charge on any atom is 0.325 e. The number of benzene rings is 1. The molecule has 0 bridgehead atoms. The SMILES string of the molecule is CC(C)[Si](OCCCCCCCCCCCOc1ccc(COC(=O)CNC(=O)CNC(=O)CN)c(OCCCCCCCCCCCO[Si](C(C)C)(C(C)C)C(C)C)c1)(C(C)C)C(C)C. The van der Waals surface area contributed by atoms with Crippen LogP contribution in [-0.4, -0.2) is 80.5 Å². The third kappa shape index (κ3) is 23.7. The molecule has 0 saturated heterocycles. The Morgan fingerprint density at radius 2 is 0.848 bits per heavy atom. The highest BCUT2D eigenvalue weighted by molar-refractivity contribution is 6.78. The Bertz CT molecular complexity index is 1400. The summed E-state index contributed by atoms with van der Waals surface area (Å²) in [6.07, 6.45) is 21.5. The molecular weight excluding hydrogens is 863 g/mol. The molecule has 0 atom stereocenters. The molecule has 0 aromatic heterocycles. The average Bonchev–Trinajstić information content (AvgIpc) is 3.26. The van der Waals surface area contributed by atoms with Gasteiger partial charge in [-0.15, -0.1) is 0 Å². The van der Waals surface area contributed by atoms with E-state index in [1.165, 1.54) is 83.5 Å². The van der Waals surface area contributed by atoms with E-state index < -0.39 is 34.4 Å². The third-order valence-electron chi connectivity index (χ3n) is 13.7. The van der Waals surface area contributed by atoms with Crippen LogP contribution in [-0.2, 0) is 34.6 Å². The fourth-order valence-electron chi connectivity index (χ4n) is 10.3. The van der Waals surface area contributed by atoms with Gasteiger partial charge in [0.2, 0.25) is 11.8 Å². The van der Waals surface area contributed by atoms with Crippen LogP contribution >= 0.6 is 0 Å². The van der Waals surface area contributed by atoms with E-state index in [-0.39, 0.29) is 26.2 Å². The first-order valence-electron chi connectivity index (χ1n) is 26.5. The van der Waals surface area contributed by atoms with Crippen LogP contribution in [0.15, 0.2) is 18.2 Å². The molecule has 2 amide bonds. The number of hydrogen-bond donors (Lipinski definition) is 3. The summed E-state index contributed by atoms with van der Waals surface area (Å²) in [6.45, 7) is 30.5. The smallest absolute Gasteiger partial charge is 0.325 e. The second kappa shape index (κ2) is 35.6. The molecule has 0 aliphatic rings. The molecule has 0 radical (unpaired) electrons. The maximum atomic E-state index is 12.5. The van der Waals surface area contributed by atoms with Crippen molar-refractivity contribution in [2.45, 2.75) is 239 Å². The summed E-state index contributed by atoms with van der Waals surface area (Å²) in [4.78, 5) is 35.8. The van der Waals surface area contributed by atoms with E-state index in [4.69, 9.17) is 28.8 Å². The number of amides is 2. The van der Waals surface area contributed by atoms with Gasteiger partial charge in [0.1, 0.15) is 24.7 Å². The first-order valence-corrected chi connectivity index (χ1v) is 30.8. The van der Waals surface area contributed by atoms with E-state index in [9.17, 15) is 14.4 Å². The van der Waals surface area contributed by atoms with E-state index in [0.29, 0.717) is 52.2 Å². The van der Waals surface area contributed by atoms with Gasteiger partial charge in [-0.2, -0.15) is 0 Å². The van der Waals surface area contributed by atoms with E-state index >= 15 is 0 Å². The number of nitrogens with one attached hydrogen (secondary N) is 2. The standard InChI is InChI=1S/C53H101N3O8Si2/c1-42(2)65(43(3)4,44(5)6)63-35-29-25-21-17-13-15-19-23-27-33-60-49-32-31-48(41-62-53(59)40-56-52(58)39-55-51(57)38-54)50(37-49)61-34-28-24-20-16-14-18-22-26-30-36-64-66(45(7)8,46(9)10)47(11)12/h31-32,37,42-47H,13-30,33-36,38-41,54H2,1-12H3,(H,55,57)(H,56,58). The highest BCUT2D eigenvalue weighted by Gasteiger charge is 2.45. The van der Waals surface area contributed by atoms with Crippen molar-refractivity contribution in [1.29, 1.82) is 0 Å². The van der Waals surface area contributed by atoms with Crippen LogP contribution in [0.2, 0.25) is 33.2 Å². The Balaban J connectivity index is 2.48. The molecule has 0 spiro atoms. The monoisotopic (exact) mass is 964 g/mol. The predicted molar refractivity (Wildman–Crippen MR) is 279 cm³/mol. The number of esters is 1. The summed E-state index contributed by atoms with van der Waals surface area (Å²) in [5.41, 5.74) is 9.82. The predicted octanol–water partition coefficient (Wildman–Crippen LogP) is 13.1. The molecule has 1 aromatic rings. The van der Waals surface area contributed by atoms with Gasteiger partial charge in [0.05, 0.1) is 26.3 Å². The largest absolute Gasteiger partial charge is 0.493 e. The van der Waals surface area contributed by atoms with Crippen molar-refractivity contribution in [3.8, 4) is 11.5 Å². The zero-order valence-corrected chi connectivity index (χ0v) is 46.4. The first kappa shape index (κ1) is 61.6. The summed E-state index contributed by atoms with van der Waals surface area (Å²) in [5, 5.41) is 4.83. The van der Waals surface area contributed by atoms with Gasteiger partial charge >= 0.3 is 5.97 Å². The quantitative estimate of drug-likeness (QED) is 0.0331. The van der Waals surface area contributed by atoms with Crippen molar-refractivity contribution >= 4 is 34.4 Å². The van der Waals surface area contributed by atoms with Crippen LogP contribution in [0.4, 0.5) is 0 Å². The molecule has 1 rings (SSSR count). The lowest BCUT2D eigenvalue weighted by Gasteiger charge is -2.42. The summed E-state index contributed by atoms with van der Waals surface area (Å²) >= 11 is 0. The van der Waals surface area contributed by atoms with Crippen LogP contribution in [0.5, 0.6) is 11.5 Å². The number of rotatable bonds is 41. The van der Waals surface area contributed by atoms with Gasteiger partial charge < -0.3 is 39.4 Å². The zero-order valence-electron chi connectivity index (χ0n) is 44.4. The Morgan fingerprint density at radius 1 is 0.485 bits per heavy atom. The number of ether oxygens (including phenoxy) is 3. The van der Waals surface area contributed by atoms with Crippen molar-refractivity contribution in [2.75, 3.05) is 46.1 Å². The second-order valence-corrected chi connectivity index (χ2v) is 31.5. The molecular formula is C53H101N3O8Si2. The summed E-state index contributed by atoms with van der Waals surface area (Å²) < 4.78 is 31.4. The number of carbonyl (C=O) groups excluding carboxylic acids is 3. The number of carbonyl (C=O) groups is 3. The highest BCUT2D eigenvalue weighted by atomic mass is 28.4. The Morgan fingerprint density at radius 3 is 1.24 bits per heavy atom. The number of unbranched alkanes of at least 4 members (excludes halogenated alkanes) is 16. The van der Waals surface area contributed by atoms with Gasteiger partial charge in [-0.3, -0.25) is 14.4 Å². The third-order valence-corrected chi connectivity index (χ3v) is 25.9. The first-order chi connectivity index (χ1) is 31.4. The number of hydrogen-bond acceptors (Lipinski definition) is 9. The van der Waals surface area contributed by atoms with Crippen LogP contribution < -0.4 is 25.8 Å². The lowest BCUT2D eigenvalue weighted by Crippen LogP contribution is -2.47. The van der Waals surface area contributed by atoms with E-state index in [1.807, 2.05) is 18.2 Å². The van der Waals surface area contributed by atoms with Crippen molar-refractivity contribution < 1.29 is 37.4 Å². The molecule has 66 heavy (non-hydrogen) atoms. The molecule has 0 aliphatic carbocycles. The lowest BCUT2D eigenvalue weighted by atomic mass is 10.1. The van der Waals surface area contributed by atoms with E-state index in [1.54, 1.807) is 0 Å². The fraction of sp³-hybridized carbons (Fsp3) is 0.830. The molecule has 4 N–H and O–H groups in total. The fourth-order valence-corrected chi connectivity index (χ4v) is 21.3. The second-order valence-electron chi connectivity index (χ2n) is 20.6. The van der Waals surface area contributed by atoms with Crippen LogP contribution in [0, 0.1) is 0 Å². The Kier molecular flexibility index (Phi) is 33.2. The van der Waals surface area contributed by atoms with Gasteiger partial charge in [-0.1, -0.05) is 173 Å². The minimum absolute atomic E-state index is 0.000764. The van der Waals surface area contributed by atoms with E-state index in [0.717, 1.165) is 56.6 Å². The van der Waals surface area contributed by atoms with Crippen LogP contribution in [0.3, 0.4) is 0 Å². The van der Waals surface area contributed by atoms with Crippen LogP contribution in [0.25, 0.3) is 0 Å². The van der Waals surface area contributed by atoms with Gasteiger partial charge in [0, 0.05) is 24.8 Å². The molecule has 0 heterocycles. The molecule has 1 aromatic carbocycles. The van der Waals surface area contributed by atoms with Crippen molar-refractivity contribution in [3.63, 3.8) is 0 Å². The normalized spacial score (nSPS) is 12.3. The molecule has 0 saturated carbocycles. The van der Waals surface area contributed by atoms with Crippen molar-refractivity contribution in [3.05, 3.63) is 23.8 Å². The van der Waals surface area contributed by atoms with Crippen molar-refractivity contribution in [1.82, 2.24) is 10.6 Å². The summed E-state index contributed by atoms with van der Waals surface area (Å²) in [7, 11) is -3.51. The van der Waals surface area contributed by atoms with Gasteiger partial charge in [0.15, 0.2) is 16.6 Å². The highest BCUT2D eigenvalue weighted by Crippen LogP contribution is 2.43. The van der Waals surface area contributed by atoms with Crippen LogP contribution in [0.1, 0.15) is 204 Å². The molecule has 0 unspecified atom stereocenters. The molecule has 0 fully saturated rings. The molecule has 384 valence electrons. The zero-order chi connectivity index (χ0) is 49.4. The van der Waals surface area contributed by atoms with Gasteiger partial charge in [0.25, 0.3) is 0 Å². The molecule has 11 nitrogen and oxygen atoms in total. The van der Waals surface area contributed by atoms with E-state index in [2.05, 4.69) is 93.7 Å². The molecule has 13 heteroatoms. The minimum Gasteiger partial charge on any atom is -0.493 e. The Labute approximate surface area is 406 Å². The average molecular weight is 965 g/mol. The van der Waals surface area contributed by atoms with Crippen molar-refractivity contribution in [2.24, 2.45) is 5.73 Å². The Hall–Kier alpha value is -2.46. The van der Waals surface area contributed by atoms with Gasteiger partial charge in [-0.05, 0) is 71.1 Å².